The predicted octanol–water partition coefficient (Wildman–Crippen LogP) is 2.76. The molecule has 1 aliphatic carbocycles. The van der Waals surface area contributed by atoms with Gasteiger partial charge in [-0.15, -0.1) is 0 Å². The molecule has 4 amide bonds. The van der Waals surface area contributed by atoms with Crippen molar-refractivity contribution in [3.8, 4) is 0 Å². The molecule has 9 heteroatoms. The number of amides is 4. The average Bonchev–Trinajstić information content (AvgIpc) is 2.80. The summed E-state index contributed by atoms with van der Waals surface area (Å²) < 4.78 is 9.76. The lowest BCUT2D eigenvalue weighted by Crippen LogP contribution is -2.37. The molecular formula is C22H34N4O5. The van der Waals surface area contributed by atoms with E-state index in [0.29, 0.717) is 44.4 Å². The molecule has 0 saturated heterocycles. The third-order valence-electron chi connectivity index (χ3n) is 5.28. The maximum absolute atomic E-state index is 11.9. The standard InChI is InChI=1S/C22H34N4O5/c1-30-21(28)25-15-18-9-5-10-19(13-18)16-26-22(29)31-12-6-11-23-20(27)24-14-17-7-3-2-4-8-17/h2-4,7-8,18-19H,5-6,9-16H2,1H3,(H,25,28)(H,26,29)(H2,23,24,27). The SMILES string of the molecule is COC(=O)NCC1CCCC(CNC(=O)OCCCNC(=O)NCc2ccccc2)C1. The van der Waals surface area contributed by atoms with Crippen LogP contribution >= 0.6 is 0 Å². The summed E-state index contributed by atoms with van der Waals surface area (Å²) in [6, 6.07) is 9.41. The second kappa shape index (κ2) is 14.1. The Morgan fingerprint density at radius 3 is 2.29 bits per heavy atom. The van der Waals surface area contributed by atoms with E-state index in [1.807, 2.05) is 30.3 Å². The summed E-state index contributed by atoms with van der Waals surface area (Å²) in [6.07, 6.45) is 3.83. The van der Waals surface area contributed by atoms with Gasteiger partial charge in [0.15, 0.2) is 0 Å². The summed E-state index contributed by atoms with van der Waals surface area (Å²) in [6.45, 7) is 2.28. The topological polar surface area (TPSA) is 118 Å². The highest BCUT2D eigenvalue weighted by atomic mass is 16.5. The van der Waals surface area contributed by atoms with E-state index < -0.39 is 12.2 Å². The number of urea groups is 1. The van der Waals surface area contributed by atoms with E-state index in [-0.39, 0.29) is 12.6 Å². The van der Waals surface area contributed by atoms with Gasteiger partial charge in [-0.3, -0.25) is 0 Å². The van der Waals surface area contributed by atoms with Gasteiger partial charge in [-0.1, -0.05) is 36.8 Å². The Labute approximate surface area is 183 Å². The second-order valence-electron chi connectivity index (χ2n) is 7.74. The summed E-state index contributed by atoms with van der Waals surface area (Å²) in [5.41, 5.74) is 1.03. The number of hydrogen-bond donors (Lipinski definition) is 4. The Bertz CT molecular complexity index is 686. The number of ether oxygens (including phenoxy) is 2. The molecule has 9 nitrogen and oxygen atoms in total. The fraction of sp³-hybridized carbons (Fsp3) is 0.591. The molecule has 2 atom stereocenters. The van der Waals surface area contributed by atoms with Gasteiger partial charge in [-0.05, 0) is 43.1 Å². The lowest BCUT2D eigenvalue weighted by Gasteiger charge is -2.29. The third kappa shape index (κ3) is 10.6. The Hall–Kier alpha value is -2.97. The molecular weight excluding hydrogens is 400 g/mol. The molecule has 2 unspecified atom stereocenters. The molecule has 0 radical (unpaired) electrons. The molecule has 1 fully saturated rings. The van der Waals surface area contributed by atoms with Crippen molar-refractivity contribution in [3.63, 3.8) is 0 Å². The van der Waals surface area contributed by atoms with Gasteiger partial charge in [-0.2, -0.15) is 0 Å². The maximum atomic E-state index is 11.9. The van der Waals surface area contributed by atoms with Crippen molar-refractivity contribution in [1.82, 2.24) is 21.3 Å². The zero-order valence-electron chi connectivity index (χ0n) is 18.2. The quantitative estimate of drug-likeness (QED) is 0.423. The molecule has 1 aromatic carbocycles. The lowest BCUT2D eigenvalue weighted by atomic mass is 9.81. The molecule has 4 N–H and O–H groups in total. The number of rotatable bonds is 10. The zero-order chi connectivity index (χ0) is 22.3. The molecule has 0 bridgehead atoms. The molecule has 0 spiro atoms. The zero-order valence-corrected chi connectivity index (χ0v) is 18.2. The smallest absolute Gasteiger partial charge is 0.407 e. The average molecular weight is 435 g/mol. The van der Waals surface area contributed by atoms with Gasteiger partial charge in [0, 0.05) is 26.2 Å². The van der Waals surface area contributed by atoms with Crippen LogP contribution in [-0.2, 0) is 16.0 Å². The third-order valence-corrected chi connectivity index (χ3v) is 5.28. The van der Waals surface area contributed by atoms with Crippen molar-refractivity contribution in [2.45, 2.75) is 38.6 Å². The molecule has 1 aromatic rings. The first-order valence-electron chi connectivity index (χ1n) is 10.8. The summed E-state index contributed by atoms with van der Waals surface area (Å²) in [5, 5.41) is 11.1. The number of nitrogens with one attached hydrogen (secondary N) is 4. The predicted molar refractivity (Wildman–Crippen MR) is 117 cm³/mol. The number of carbonyl (C=O) groups is 3. The van der Waals surface area contributed by atoms with Crippen molar-refractivity contribution < 1.29 is 23.9 Å². The maximum Gasteiger partial charge on any atom is 0.407 e. The fourth-order valence-electron chi connectivity index (χ4n) is 3.63. The Morgan fingerprint density at radius 1 is 0.935 bits per heavy atom. The van der Waals surface area contributed by atoms with Crippen molar-refractivity contribution in [2.24, 2.45) is 11.8 Å². The Balaban J connectivity index is 1.48. The van der Waals surface area contributed by atoms with Crippen molar-refractivity contribution in [2.75, 3.05) is 33.4 Å². The molecule has 1 saturated carbocycles. The number of carbonyl (C=O) groups excluding carboxylic acids is 3. The highest BCUT2D eigenvalue weighted by Gasteiger charge is 2.23. The second-order valence-corrected chi connectivity index (χ2v) is 7.74. The van der Waals surface area contributed by atoms with Gasteiger partial charge < -0.3 is 30.7 Å². The van der Waals surface area contributed by atoms with Gasteiger partial charge in [0.1, 0.15) is 0 Å². The van der Waals surface area contributed by atoms with E-state index in [1.165, 1.54) is 7.11 Å². The van der Waals surface area contributed by atoms with E-state index in [0.717, 1.165) is 31.2 Å². The number of alkyl carbamates (subject to hydrolysis) is 2. The van der Waals surface area contributed by atoms with Crippen LogP contribution in [0.4, 0.5) is 14.4 Å². The summed E-state index contributed by atoms with van der Waals surface area (Å²) >= 11 is 0. The van der Waals surface area contributed by atoms with E-state index in [1.54, 1.807) is 0 Å². The van der Waals surface area contributed by atoms with Crippen LogP contribution < -0.4 is 21.3 Å². The minimum absolute atomic E-state index is 0.237. The molecule has 0 heterocycles. The number of hydrogen-bond acceptors (Lipinski definition) is 5. The van der Waals surface area contributed by atoms with Crippen LogP contribution in [0.1, 0.15) is 37.7 Å². The van der Waals surface area contributed by atoms with Crippen LogP contribution in [-0.4, -0.2) is 51.6 Å². The lowest BCUT2D eigenvalue weighted by molar-refractivity contribution is 0.140. The van der Waals surface area contributed by atoms with Crippen molar-refractivity contribution >= 4 is 18.2 Å². The molecule has 0 aromatic heterocycles. The Morgan fingerprint density at radius 2 is 1.61 bits per heavy atom. The van der Waals surface area contributed by atoms with Crippen molar-refractivity contribution in [1.29, 1.82) is 0 Å². The molecule has 2 rings (SSSR count). The molecule has 172 valence electrons. The van der Waals surface area contributed by atoms with E-state index in [2.05, 4.69) is 26.0 Å². The van der Waals surface area contributed by atoms with E-state index in [9.17, 15) is 14.4 Å². The van der Waals surface area contributed by atoms with Gasteiger partial charge in [0.2, 0.25) is 0 Å². The van der Waals surface area contributed by atoms with Crippen LogP contribution in [0, 0.1) is 11.8 Å². The number of benzene rings is 1. The van der Waals surface area contributed by atoms with Gasteiger partial charge in [0.05, 0.1) is 13.7 Å². The molecule has 31 heavy (non-hydrogen) atoms. The first kappa shape index (κ1) is 24.3. The van der Waals surface area contributed by atoms with Crippen molar-refractivity contribution in [3.05, 3.63) is 35.9 Å². The van der Waals surface area contributed by atoms with Gasteiger partial charge >= 0.3 is 18.2 Å². The van der Waals surface area contributed by atoms with Crippen LogP contribution in [0.5, 0.6) is 0 Å². The van der Waals surface area contributed by atoms with Gasteiger partial charge in [0.25, 0.3) is 0 Å². The summed E-state index contributed by atoms with van der Waals surface area (Å²) in [4.78, 5) is 34.8. The van der Waals surface area contributed by atoms with Crippen LogP contribution in [0.2, 0.25) is 0 Å². The largest absolute Gasteiger partial charge is 0.453 e. The van der Waals surface area contributed by atoms with E-state index >= 15 is 0 Å². The van der Waals surface area contributed by atoms with Crippen LogP contribution in [0.25, 0.3) is 0 Å². The highest BCUT2D eigenvalue weighted by molar-refractivity contribution is 5.73. The minimum Gasteiger partial charge on any atom is -0.453 e. The van der Waals surface area contributed by atoms with Gasteiger partial charge in [-0.25, -0.2) is 14.4 Å². The van der Waals surface area contributed by atoms with E-state index in [4.69, 9.17) is 4.74 Å². The molecule has 0 aliphatic heterocycles. The first-order valence-corrected chi connectivity index (χ1v) is 10.8. The van der Waals surface area contributed by atoms with Crippen LogP contribution in [0.15, 0.2) is 30.3 Å². The minimum atomic E-state index is -0.441. The number of methoxy groups -OCH3 is 1. The monoisotopic (exact) mass is 434 g/mol. The summed E-state index contributed by atoms with van der Waals surface area (Å²) in [7, 11) is 1.35. The summed E-state index contributed by atoms with van der Waals surface area (Å²) in [5.74, 6) is 0.774. The molecule has 1 aliphatic rings. The Kier molecular flexibility index (Phi) is 11.1. The first-order chi connectivity index (χ1) is 15.1. The van der Waals surface area contributed by atoms with Crippen LogP contribution in [0.3, 0.4) is 0 Å². The normalized spacial score (nSPS) is 17.8. The fourth-order valence-corrected chi connectivity index (χ4v) is 3.63. The highest BCUT2D eigenvalue weighted by Crippen LogP contribution is 2.28.